The third kappa shape index (κ3) is 5.51. The molecule has 1 saturated heterocycles. The maximum Gasteiger partial charge on any atom is 0.337 e. The quantitative estimate of drug-likeness (QED) is 0.689. The number of carbonyl (C=O) groups is 4. The molecule has 1 N–H and O–H groups in total. The molecule has 0 saturated carbocycles. The van der Waals surface area contributed by atoms with Crippen molar-refractivity contribution >= 4 is 29.4 Å². The normalized spacial score (nSPS) is 13.9. The molecule has 1 heterocycles. The summed E-state index contributed by atoms with van der Waals surface area (Å²) in [5.74, 6) is -4.45. The van der Waals surface area contributed by atoms with Crippen LogP contribution in [0.1, 0.15) is 43.9 Å². The number of halogens is 2. The standard InChI is InChI=1S/C23H22F2N2O6/c1-32-22(30)14-9-15(23(31)33-2)11-17(10-14)26-20(28)13-5-7-27(8-6-13)21(29)18-4-3-16(24)12-19(18)25/h3-4,9-13H,5-8H2,1-2H3,(H,26,28). The van der Waals surface area contributed by atoms with E-state index in [2.05, 4.69) is 14.8 Å². The zero-order chi connectivity index (χ0) is 24.1. The number of amides is 2. The second-order valence-electron chi connectivity index (χ2n) is 7.46. The smallest absolute Gasteiger partial charge is 0.337 e. The summed E-state index contributed by atoms with van der Waals surface area (Å²) in [4.78, 5) is 50.5. The van der Waals surface area contributed by atoms with E-state index >= 15 is 0 Å². The number of hydrogen-bond acceptors (Lipinski definition) is 6. The highest BCUT2D eigenvalue weighted by atomic mass is 19.1. The fourth-order valence-corrected chi connectivity index (χ4v) is 3.59. The van der Waals surface area contributed by atoms with Crippen molar-refractivity contribution in [3.8, 4) is 0 Å². The Labute approximate surface area is 188 Å². The van der Waals surface area contributed by atoms with E-state index in [9.17, 15) is 28.0 Å². The molecule has 1 aliphatic heterocycles. The summed E-state index contributed by atoms with van der Waals surface area (Å²) in [6, 6.07) is 6.82. The Bertz CT molecular complexity index is 1060. The number of carbonyl (C=O) groups excluding carboxylic acids is 4. The lowest BCUT2D eigenvalue weighted by Crippen LogP contribution is -2.41. The number of likely N-dealkylation sites (tertiary alicyclic amines) is 1. The average molecular weight is 460 g/mol. The minimum Gasteiger partial charge on any atom is -0.465 e. The van der Waals surface area contributed by atoms with Gasteiger partial charge in [0.25, 0.3) is 5.91 Å². The van der Waals surface area contributed by atoms with Gasteiger partial charge in [-0.3, -0.25) is 9.59 Å². The van der Waals surface area contributed by atoms with Gasteiger partial charge < -0.3 is 19.7 Å². The third-order valence-electron chi connectivity index (χ3n) is 5.36. The topological polar surface area (TPSA) is 102 Å². The van der Waals surface area contributed by atoms with Gasteiger partial charge >= 0.3 is 11.9 Å². The van der Waals surface area contributed by atoms with Gasteiger partial charge in [0.05, 0.1) is 30.9 Å². The van der Waals surface area contributed by atoms with E-state index in [0.717, 1.165) is 12.1 Å². The van der Waals surface area contributed by atoms with Crippen LogP contribution in [0.15, 0.2) is 36.4 Å². The molecule has 3 rings (SSSR count). The molecule has 2 aromatic rings. The van der Waals surface area contributed by atoms with Crippen molar-refractivity contribution < 1.29 is 37.4 Å². The molecule has 10 heteroatoms. The van der Waals surface area contributed by atoms with Gasteiger partial charge in [-0.25, -0.2) is 18.4 Å². The Morgan fingerprint density at radius 1 is 0.909 bits per heavy atom. The fourth-order valence-electron chi connectivity index (χ4n) is 3.59. The van der Waals surface area contributed by atoms with Gasteiger partial charge in [-0.1, -0.05) is 0 Å². The maximum atomic E-state index is 13.9. The van der Waals surface area contributed by atoms with Crippen molar-refractivity contribution in [3.63, 3.8) is 0 Å². The number of anilines is 1. The summed E-state index contributed by atoms with van der Waals surface area (Å²) < 4.78 is 36.4. The van der Waals surface area contributed by atoms with Crippen LogP contribution >= 0.6 is 0 Å². The van der Waals surface area contributed by atoms with Crippen molar-refractivity contribution in [1.29, 1.82) is 0 Å². The van der Waals surface area contributed by atoms with Gasteiger partial charge in [0, 0.05) is 30.8 Å². The first-order valence-corrected chi connectivity index (χ1v) is 10.1. The van der Waals surface area contributed by atoms with Gasteiger partial charge in [-0.15, -0.1) is 0 Å². The zero-order valence-electron chi connectivity index (χ0n) is 18.0. The van der Waals surface area contributed by atoms with Gasteiger partial charge in [-0.2, -0.15) is 0 Å². The van der Waals surface area contributed by atoms with Crippen LogP contribution in [0.3, 0.4) is 0 Å². The highest BCUT2D eigenvalue weighted by Crippen LogP contribution is 2.23. The second kappa shape index (κ2) is 10.2. The molecule has 174 valence electrons. The predicted molar refractivity (Wildman–Crippen MR) is 113 cm³/mol. The van der Waals surface area contributed by atoms with Gasteiger partial charge in [0.2, 0.25) is 5.91 Å². The van der Waals surface area contributed by atoms with Crippen LogP contribution in [-0.2, 0) is 14.3 Å². The number of rotatable bonds is 5. The summed E-state index contributed by atoms with van der Waals surface area (Å²) >= 11 is 0. The summed E-state index contributed by atoms with van der Waals surface area (Å²) in [5, 5.41) is 2.68. The lowest BCUT2D eigenvalue weighted by atomic mass is 9.95. The number of nitrogens with zero attached hydrogens (tertiary/aromatic N) is 1. The minimum atomic E-state index is -0.938. The van der Waals surface area contributed by atoms with Crippen LogP contribution < -0.4 is 5.32 Å². The van der Waals surface area contributed by atoms with Crippen LogP contribution in [0.5, 0.6) is 0 Å². The Kier molecular flexibility index (Phi) is 7.37. The summed E-state index contributed by atoms with van der Waals surface area (Å²) in [6.07, 6.45) is 0.641. The van der Waals surface area contributed by atoms with Crippen molar-refractivity contribution in [2.24, 2.45) is 5.92 Å². The van der Waals surface area contributed by atoms with Crippen LogP contribution in [0.2, 0.25) is 0 Å². The van der Waals surface area contributed by atoms with Crippen LogP contribution in [0, 0.1) is 17.6 Å². The van der Waals surface area contributed by atoms with Crippen molar-refractivity contribution in [2.75, 3.05) is 32.6 Å². The maximum absolute atomic E-state index is 13.9. The fraction of sp³-hybridized carbons (Fsp3) is 0.304. The number of methoxy groups -OCH3 is 2. The van der Waals surface area contributed by atoms with E-state index in [4.69, 9.17) is 0 Å². The average Bonchev–Trinajstić information content (AvgIpc) is 2.82. The lowest BCUT2D eigenvalue weighted by Gasteiger charge is -2.31. The van der Waals surface area contributed by atoms with E-state index in [1.165, 1.54) is 37.3 Å². The largest absolute Gasteiger partial charge is 0.465 e. The first-order valence-electron chi connectivity index (χ1n) is 10.1. The molecule has 0 radical (unpaired) electrons. The molecule has 2 amide bonds. The van der Waals surface area contributed by atoms with Crippen LogP contribution in [0.25, 0.3) is 0 Å². The van der Waals surface area contributed by atoms with E-state index in [1.807, 2.05) is 0 Å². The van der Waals surface area contributed by atoms with Gasteiger partial charge in [0.1, 0.15) is 11.6 Å². The number of hydrogen-bond donors (Lipinski definition) is 1. The Balaban J connectivity index is 1.67. The number of esters is 2. The number of ether oxygens (including phenoxy) is 2. The van der Waals surface area contributed by atoms with Crippen LogP contribution in [0.4, 0.5) is 14.5 Å². The molecule has 8 nitrogen and oxygen atoms in total. The molecule has 0 spiro atoms. The van der Waals surface area contributed by atoms with E-state index < -0.39 is 35.4 Å². The van der Waals surface area contributed by atoms with Crippen molar-refractivity contribution in [2.45, 2.75) is 12.8 Å². The molecule has 0 atom stereocenters. The molecular weight excluding hydrogens is 438 g/mol. The molecule has 1 aliphatic rings. The van der Waals surface area contributed by atoms with E-state index in [1.54, 1.807) is 0 Å². The monoisotopic (exact) mass is 460 g/mol. The highest BCUT2D eigenvalue weighted by molar-refractivity contribution is 6.00. The Hall–Kier alpha value is -3.82. The SMILES string of the molecule is COC(=O)c1cc(NC(=O)C2CCN(C(=O)c3ccc(F)cc3F)CC2)cc(C(=O)OC)c1. The first-order chi connectivity index (χ1) is 15.7. The summed E-state index contributed by atoms with van der Waals surface area (Å²) in [6.45, 7) is 0.423. The molecule has 0 aliphatic carbocycles. The third-order valence-corrected chi connectivity index (χ3v) is 5.36. The summed E-state index contributed by atoms with van der Waals surface area (Å²) in [5.41, 5.74) is 0.124. The molecule has 2 aromatic carbocycles. The van der Waals surface area contributed by atoms with E-state index in [-0.39, 0.29) is 41.4 Å². The van der Waals surface area contributed by atoms with Crippen molar-refractivity contribution in [1.82, 2.24) is 4.90 Å². The molecular formula is C23H22F2N2O6. The van der Waals surface area contributed by atoms with Gasteiger partial charge in [0.15, 0.2) is 0 Å². The molecule has 1 fully saturated rings. The summed E-state index contributed by atoms with van der Waals surface area (Å²) in [7, 11) is 2.39. The zero-order valence-corrected chi connectivity index (χ0v) is 18.0. The number of nitrogens with one attached hydrogen (secondary N) is 1. The predicted octanol–water partition coefficient (Wildman–Crippen LogP) is 3.03. The van der Waals surface area contributed by atoms with E-state index in [0.29, 0.717) is 18.9 Å². The molecule has 0 unspecified atom stereocenters. The molecule has 0 bridgehead atoms. The minimum absolute atomic E-state index is 0.0671. The highest BCUT2D eigenvalue weighted by Gasteiger charge is 2.29. The van der Waals surface area contributed by atoms with Crippen molar-refractivity contribution in [3.05, 3.63) is 64.7 Å². The number of piperidine rings is 1. The second-order valence-corrected chi connectivity index (χ2v) is 7.46. The van der Waals surface area contributed by atoms with Crippen LogP contribution in [-0.4, -0.2) is 56.0 Å². The number of benzene rings is 2. The molecule has 33 heavy (non-hydrogen) atoms. The Morgan fingerprint density at radius 3 is 2.00 bits per heavy atom. The lowest BCUT2D eigenvalue weighted by molar-refractivity contribution is -0.121. The Morgan fingerprint density at radius 2 is 1.48 bits per heavy atom. The molecule has 0 aromatic heterocycles. The van der Waals surface area contributed by atoms with Gasteiger partial charge in [-0.05, 0) is 43.2 Å². The first kappa shape index (κ1) is 23.8.